The maximum Gasteiger partial charge on any atom is 0.252 e. The van der Waals surface area contributed by atoms with Gasteiger partial charge in [-0.15, -0.1) is 0 Å². The smallest absolute Gasteiger partial charge is 0.252 e. The molecule has 2 unspecified atom stereocenters. The summed E-state index contributed by atoms with van der Waals surface area (Å²) in [5, 5.41) is 9.15. The molecule has 2 rings (SSSR count). The van der Waals surface area contributed by atoms with Gasteiger partial charge in [-0.2, -0.15) is 0 Å². The number of amides is 1. The fourth-order valence-electron chi connectivity index (χ4n) is 2.44. The number of rotatable bonds is 2. The van der Waals surface area contributed by atoms with Gasteiger partial charge in [-0.25, -0.2) is 0 Å². The number of aliphatic hydroxyl groups excluding tert-OH is 1. The van der Waals surface area contributed by atoms with Gasteiger partial charge in [-0.05, 0) is 32.1 Å². The average Bonchev–Trinajstić information content (AvgIpc) is 2.77. The van der Waals surface area contributed by atoms with Crippen molar-refractivity contribution in [3.05, 3.63) is 0 Å². The third kappa shape index (κ3) is 2.32. The lowest BCUT2D eigenvalue weighted by Crippen LogP contribution is -2.45. The number of carbonyl (C=O) groups excluding carboxylic acids is 1. The third-order valence-electron chi connectivity index (χ3n) is 3.33. The van der Waals surface area contributed by atoms with Crippen LogP contribution in [-0.2, 0) is 9.53 Å². The van der Waals surface area contributed by atoms with Gasteiger partial charge in [-0.1, -0.05) is 0 Å². The topological polar surface area (TPSA) is 49.8 Å². The van der Waals surface area contributed by atoms with Gasteiger partial charge in [0.15, 0.2) is 0 Å². The van der Waals surface area contributed by atoms with E-state index < -0.39 is 0 Å². The lowest BCUT2D eigenvalue weighted by Gasteiger charge is -2.29. The average molecular weight is 213 g/mol. The summed E-state index contributed by atoms with van der Waals surface area (Å²) in [6, 6.07) is 0.0306. The minimum absolute atomic E-state index is 0.0306. The summed E-state index contributed by atoms with van der Waals surface area (Å²) in [5.41, 5.74) is 0. The Morgan fingerprint density at radius 3 is 2.87 bits per heavy atom. The van der Waals surface area contributed by atoms with Crippen molar-refractivity contribution in [3.63, 3.8) is 0 Å². The highest BCUT2D eigenvalue weighted by Crippen LogP contribution is 2.22. The van der Waals surface area contributed by atoms with Crippen molar-refractivity contribution in [2.75, 3.05) is 19.8 Å². The number of hydrogen-bond acceptors (Lipinski definition) is 3. The van der Waals surface area contributed by atoms with E-state index in [1.807, 2.05) is 0 Å². The predicted molar refractivity (Wildman–Crippen MR) is 55.4 cm³/mol. The summed E-state index contributed by atoms with van der Waals surface area (Å²) < 4.78 is 5.47. The molecular formula is C11H19NO3. The zero-order valence-corrected chi connectivity index (χ0v) is 9.02. The van der Waals surface area contributed by atoms with Crippen LogP contribution in [-0.4, -0.2) is 47.8 Å². The Morgan fingerprint density at radius 1 is 1.33 bits per heavy atom. The van der Waals surface area contributed by atoms with Crippen LogP contribution >= 0.6 is 0 Å². The van der Waals surface area contributed by atoms with Gasteiger partial charge in [0.05, 0.1) is 12.6 Å². The van der Waals surface area contributed by atoms with E-state index in [4.69, 9.17) is 9.84 Å². The molecule has 1 amide bonds. The molecule has 86 valence electrons. The zero-order chi connectivity index (χ0) is 10.7. The van der Waals surface area contributed by atoms with E-state index in [1.54, 1.807) is 4.90 Å². The number of nitrogens with zero attached hydrogens (tertiary/aromatic N) is 1. The fraction of sp³-hybridized carbons (Fsp3) is 0.909. The fourth-order valence-corrected chi connectivity index (χ4v) is 2.44. The Labute approximate surface area is 90.2 Å². The first kappa shape index (κ1) is 10.9. The van der Waals surface area contributed by atoms with E-state index in [9.17, 15) is 4.79 Å². The molecule has 0 aliphatic carbocycles. The largest absolute Gasteiger partial charge is 0.394 e. The van der Waals surface area contributed by atoms with Gasteiger partial charge in [-0.3, -0.25) is 4.79 Å². The summed E-state index contributed by atoms with van der Waals surface area (Å²) in [6.45, 7) is 1.57. The van der Waals surface area contributed by atoms with Crippen LogP contribution < -0.4 is 0 Å². The second-order valence-corrected chi connectivity index (χ2v) is 4.37. The van der Waals surface area contributed by atoms with Crippen LogP contribution in [0.5, 0.6) is 0 Å². The Balaban J connectivity index is 1.93. The van der Waals surface area contributed by atoms with Gasteiger partial charge < -0.3 is 14.7 Å². The van der Waals surface area contributed by atoms with Crippen LogP contribution in [0.15, 0.2) is 0 Å². The molecule has 0 spiro atoms. The highest BCUT2D eigenvalue weighted by Gasteiger charge is 2.33. The van der Waals surface area contributed by atoms with E-state index in [-0.39, 0.29) is 24.7 Å². The summed E-state index contributed by atoms with van der Waals surface area (Å²) >= 11 is 0. The Hall–Kier alpha value is -0.610. The van der Waals surface area contributed by atoms with E-state index >= 15 is 0 Å². The van der Waals surface area contributed by atoms with Crippen LogP contribution in [0, 0.1) is 0 Å². The Morgan fingerprint density at radius 2 is 2.20 bits per heavy atom. The van der Waals surface area contributed by atoms with Gasteiger partial charge in [0, 0.05) is 13.2 Å². The first-order chi connectivity index (χ1) is 7.33. The number of hydrogen-bond donors (Lipinski definition) is 1. The first-order valence-corrected chi connectivity index (χ1v) is 5.86. The molecule has 2 atom stereocenters. The number of ether oxygens (including phenoxy) is 1. The maximum atomic E-state index is 12.1. The van der Waals surface area contributed by atoms with Crippen molar-refractivity contribution in [3.8, 4) is 0 Å². The monoisotopic (exact) mass is 213 g/mol. The molecule has 0 radical (unpaired) electrons. The van der Waals surface area contributed by atoms with Crippen LogP contribution in [0.25, 0.3) is 0 Å². The summed E-state index contributed by atoms with van der Waals surface area (Å²) in [5.74, 6) is 0.0891. The molecule has 2 fully saturated rings. The molecule has 2 aliphatic rings. The maximum absolute atomic E-state index is 12.1. The molecule has 1 N–H and O–H groups in total. The Kier molecular flexibility index (Phi) is 3.59. The summed E-state index contributed by atoms with van der Waals surface area (Å²) in [4.78, 5) is 13.9. The van der Waals surface area contributed by atoms with E-state index in [0.717, 1.165) is 38.6 Å². The standard InChI is InChI=1S/C11H19NO3/c13-8-9-4-3-6-12(9)11(14)10-5-1-2-7-15-10/h9-10,13H,1-8H2. The lowest BCUT2D eigenvalue weighted by atomic mass is 10.1. The number of aliphatic hydroxyl groups is 1. The van der Waals surface area contributed by atoms with Crippen LogP contribution in [0.3, 0.4) is 0 Å². The van der Waals surface area contributed by atoms with Crippen LogP contribution in [0.2, 0.25) is 0 Å². The zero-order valence-electron chi connectivity index (χ0n) is 9.02. The second-order valence-electron chi connectivity index (χ2n) is 4.37. The van der Waals surface area contributed by atoms with Gasteiger partial charge >= 0.3 is 0 Å². The normalized spacial score (nSPS) is 31.9. The van der Waals surface area contributed by atoms with Crippen LogP contribution in [0.4, 0.5) is 0 Å². The molecule has 2 aliphatic heterocycles. The summed E-state index contributed by atoms with van der Waals surface area (Å²) in [7, 11) is 0. The first-order valence-electron chi connectivity index (χ1n) is 5.86. The van der Waals surface area contributed by atoms with Gasteiger partial charge in [0.2, 0.25) is 0 Å². The Bertz CT molecular complexity index is 226. The molecule has 4 nitrogen and oxygen atoms in total. The molecular weight excluding hydrogens is 194 g/mol. The van der Waals surface area contributed by atoms with Crippen LogP contribution in [0.1, 0.15) is 32.1 Å². The summed E-state index contributed by atoms with van der Waals surface area (Å²) in [6.07, 6.45) is 4.67. The molecule has 0 aromatic heterocycles. The third-order valence-corrected chi connectivity index (χ3v) is 3.33. The van der Waals surface area contributed by atoms with Crippen molar-refractivity contribution in [2.45, 2.75) is 44.2 Å². The van der Waals surface area contributed by atoms with Crippen molar-refractivity contribution < 1.29 is 14.6 Å². The molecule has 2 heterocycles. The molecule has 0 aromatic rings. The van der Waals surface area contributed by atoms with Gasteiger partial charge in [0.1, 0.15) is 6.10 Å². The minimum Gasteiger partial charge on any atom is -0.394 e. The molecule has 0 aromatic carbocycles. The molecule has 15 heavy (non-hydrogen) atoms. The lowest BCUT2D eigenvalue weighted by molar-refractivity contribution is -0.148. The molecule has 0 saturated carbocycles. The molecule has 4 heteroatoms. The highest BCUT2D eigenvalue weighted by atomic mass is 16.5. The SMILES string of the molecule is O=C(C1CCCCO1)N1CCCC1CO. The highest BCUT2D eigenvalue weighted by molar-refractivity contribution is 5.81. The second kappa shape index (κ2) is 4.94. The van der Waals surface area contributed by atoms with Crippen molar-refractivity contribution in [2.24, 2.45) is 0 Å². The quantitative estimate of drug-likeness (QED) is 0.728. The molecule has 2 saturated heterocycles. The number of carbonyl (C=O) groups is 1. The van der Waals surface area contributed by atoms with Crippen molar-refractivity contribution in [1.29, 1.82) is 0 Å². The molecule has 0 bridgehead atoms. The van der Waals surface area contributed by atoms with E-state index in [1.165, 1.54) is 0 Å². The van der Waals surface area contributed by atoms with E-state index in [0.29, 0.717) is 6.61 Å². The minimum atomic E-state index is -0.245. The number of likely N-dealkylation sites (tertiary alicyclic amines) is 1. The van der Waals surface area contributed by atoms with Crippen molar-refractivity contribution >= 4 is 5.91 Å². The van der Waals surface area contributed by atoms with E-state index in [2.05, 4.69) is 0 Å². The van der Waals surface area contributed by atoms with Crippen molar-refractivity contribution in [1.82, 2.24) is 4.90 Å². The van der Waals surface area contributed by atoms with Gasteiger partial charge in [0.25, 0.3) is 5.91 Å². The predicted octanol–water partition coefficient (Wildman–Crippen LogP) is 0.539.